The molecule has 0 atom stereocenters. The molecule has 0 saturated heterocycles. The van der Waals surface area contributed by atoms with E-state index >= 15 is 0 Å². The molecule has 6 nitrogen and oxygen atoms in total. The lowest BCUT2D eigenvalue weighted by Gasteiger charge is -2.10. The minimum absolute atomic E-state index is 0.134. The molecular formula is C23H18O6. The van der Waals surface area contributed by atoms with E-state index in [0.29, 0.717) is 11.1 Å². The van der Waals surface area contributed by atoms with Crippen LogP contribution in [0.15, 0.2) is 72.8 Å². The van der Waals surface area contributed by atoms with Crippen LogP contribution in [0.4, 0.5) is 0 Å². The fourth-order valence-corrected chi connectivity index (χ4v) is 2.67. The molecule has 146 valence electrons. The summed E-state index contributed by atoms with van der Waals surface area (Å²) >= 11 is 0. The molecule has 0 aliphatic heterocycles. The third kappa shape index (κ3) is 4.50. The van der Waals surface area contributed by atoms with Crippen molar-refractivity contribution in [2.75, 3.05) is 14.2 Å². The molecule has 29 heavy (non-hydrogen) atoms. The van der Waals surface area contributed by atoms with E-state index in [9.17, 15) is 14.4 Å². The smallest absolute Gasteiger partial charge is 0.343 e. The first-order chi connectivity index (χ1) is 14.0. The Morgan fingerprint density at radius 3 is 1.83 bits per heavy atom. The van der Waals surface area contributed by atoms with Gasteiger partial charge in [0.05, 0.1) is 25.3 Å². The largest absolute Gasteiger partial charge is 0.493 e. The molecular weight excluding hydrogens is 372 g/mol. The maximum atomic E-state index is 12.5. The predicted molar refractivity (Wildman–Crippen MR) is 106 cm³/mol. The number of benzene rings is 3. The minimum Gasteiger partial charge on any atom is -0.493 e. The fourth-order valence-electron chi connectivity index (χ4n) is 2.67. The van der Waals surface area contributed by atoms with Crippen molar-refractivity contribution in [3.63, 3.8) is 0 Å². The number of hydrogen-bond acceptors (Lipinski definition) is 6. The van der Waals surface area contributed by atoms with Crippen LogP contribution in [0.5, 0.6) is 11.5 Å². The molecule has 0 spiro atoms. The zero-order chi connectivity index (χ0) is 20.8. The van der Waals surface area contributed by atoms with Crippen molar-refractivity contribution in [3.8, 4) is 11.5 Å². The Bertz CT molecular complexity index is 1040. The van der Waals surface area contributed by atoms with Crippen LogP contribution < -0.4 is 9.47 Å². The third-order valence-corrected chi connectivity index (χ3v) is 4.21. The van der Waals surface area contributed by atoms with Gasteiger partial charge in [-0.05, 0) is 30.3 Å². The first-order valence-electron chi connectivity index (χ1n) is 8.72. The topological polar surface area (TPSA) is 78.9 Å². The summed E-state index contributed by atoms with van der Waals surface area (Å²) in [6, 6.07) is 19.4. The summed E-state index contributed by atoms with van der Waals surface area (Å²) in [5.41, 5.74) is 1.58. The van der Waals surface area contributed by atoms with E-state index in [-0.39, 0.29) is 28.4 Å². The Morgan fingerprint density at radius 1 is 0.621 bits per heavy atom. The van der Waals surface area contributed by atoms with E-state index in [1.165, 1.54) is 44.6 Å². The molecule has 3 aromatic carbocycles. The lowest BCUT2D eigenvalue weighted by Crippen LogP contribution is -2.10. The molecule has 0 bridgehead atoms. The van der Waals surface area contributed by atoms with Crippen molar-refractivity contribution >= 4 is 17.7 Å². The van der Waals surface area contributed by atoms with Crippen LogP contribution in [0.2, 0.25) is 0 Å². The van der Waals surface area contributed by atoms with Gasteiger partial charge in [-0.2, -0.15) is 0 Å². The lowest BCUT2D eigenvalue weighted by atomic mass is 10.0. The van der Waals surface area contributed by atoms with Crippen LogP contribution in [-0.4, -0.2) is 31.9 Å². The van der Waals surface area contributed by atoms with Gasteiger partial charge in [-0.15, -0.1) is 0 Å². The second-order valence-corrected chi connectivity index (χ2v) is 6.02. The summed E-state index contributed by atoms with van der Waals surface area (Å²) in [6.07, 6.45) is 0. The highest BCUT2D eigenvalue weighted by molar-refractivity contribution is 6.09. The van der Waals surface area contributed by atoms with E-state index in [0.717, 1.165) is 0 Å². The van der Waals surface area contributed by atoms with Gasteiger partial charge in [0, 0.05) is 11.1 Å². The normalized spacial score (nSPS) is 10.1. The molecule has 0 fully saturated rings. The minimum atomic E-state index is -0.618. The maximum Gasteiger partial charge on any atom is 0.343 e. The molecule has 0 aromatic heterocycles. The Hall–Kier alpha value is -3.93. The van der Waals surface area contributed by atoms with Gasteiger partial charge in [-0.25, -0.2) is 9.59 Å². The summed E-state index contributed by atoms with van der Waals surface area (Å²) in [6.45, 7) is 0. The van der Waals surface area contributed by atoms with E-state index < -0.39 is 11.9 Å². The van der Waals surface area contributed by atoms with Crippen molar-refractivity contribution in [1.29, 1.82) is 0 Å². The number of esters is 2. The fraction of sp³-hybridized carbons (Fsp3) is 0.0870. The van der Waals surface area contributed by atoms with E-state index in [1.807, 2.05) is 6.07 Å². The van der Waals surface area contributed by atoms with Gasteiger partial charge >= 0.3 is 11.9 Å². The molecule has 0 amide bonds. The number of hydrogen-bond donors (Lipinski definition) is 0. The number of carbonyl (C=O) groups excluding carboxylic acids is 3. The highest BCUT2D eigenvalue weighted by Gasteiger charge is 2.16. The zero-order valence-corrected chi connectivity index (χ0v) is 15.9. The van der Waals surface area contributed by atoms with E-state index in [4.69, 9.17) is 9.47 Å². The predicted octanol–water partition coefficient (Wildman–Crippen LogP) is 3.93. The third-order valence-electron chi connectivity index (χ3n) is 4.21. The Balaban J connectivity index is 1.76. The molecule has 0 aliphatic carbocycles. The number of rotatable bonds is 6. The number of carbonyl (C=O) groups is 3. The summed E-state index contributed by atoms with van der Waals surface area (Å²) in [7, 11) is 2.67. The van der Waals surface area contributed by atoms with Gasteiger partial charge in [0.25, 0.3) is 0 Å². The van der Waals surface area contributed by atoms with Gasteiger partial charge in [0.2, 0.25) is 0 Å². The lowest BCUT2D eigenvalue weighted by molar-refractivity contribution is 0.0600. The van der Waals surface area contributed by atoms with Gasteiger partial charge in [-0.1, -0.05) is 42.5 Å². The van der Waals surface area contributed by atoms with Crippen LogP contribution in [-0.2, 0) is 4.74 Å². The average molecular weight is 390 g/mol. The van der Waals surface area contributed by atoms with E-state index in [2.05, 4.69) is 4.74 Å². The molecule has 3 aromatic rings. The summed E-state index contributed by atoms with van der Waals surface area (Å²) in [5, 5.41) is 0. The van der Waals surface area contributed by atoms with Crippen LogP contribution in [0.1, 0.15) is 36.6 Å². The van der Waals surface area contributed by atoms with Crippen molar-refractivity contribution in [2.24, 2.45) is 0 Å². The van der Waals surface area contributed by atoms with Crippen molar-refractivity contribution in [2.45, 2.75) is 0 Å². The Kier molecular flexibility index (Phi) is 6.04. The van der Waals surface area contributed by atoms with Gasteiger partial charge in [0.15, 0.2) is 17.3 Å². The van der Waals surface area contributed by atoms with Gasteiger partial charge < -0.3 is 14.2 Å². The highest BCUT2D eigenvalue weighted by Crippen LogP contribution is 2.29. The number of methoxy groups -OCH3 is 2. The SMILES string of the molecule is COC(=O)c1ccc(OC(=O)c2ccc(C(=O)c3ccccc3)cc2)c(OC)c1. The molecule has 6 heteroatoms. The Morgan fingerprint density at radius 2 is 1.21 bits per heavy atom. The molecule has 0 saturated carbocycles. The molecule has 0 radical (unpaired) electrons. The quantitative estimate of drug-likeness (QED) is 0.360. The molecule has 0 heterocycles. The first-order valence-corrected chi connectivity index (χ1v) is 8.72. The molecule has 0 N–H and O–H groups in total. The van der Waals surface area contributed by atoms with Crippen LogP contribution in [0, 0.1) is 0 Å². The number of ether oxygens (including phenoxy) is 3. The van der Waals surface area contributed by atoms with Gasteiger partial charge in [-0.3, -0.25) is 4.79 Å². The van der Waals surface area contributed by atoms with Crippen molar-refractivity contribution < 1.29 is 28.6 Å². The Labute approximate surface area is 167 Å². The summed E-state index contributed by atoms with van der Waals surface area (Å²) < 4.78 is 15.2. The average Bonchev–Trinajstić information content (AvgIpc) is 2.78. The first kappa shape index (κ1) is 19.8. The maximum absolute atomic E-state index is 12.5. The molecule has 0 unspecified atom stereocenters. The second kappa shape index (κ2) is 8.84. The van der Waals surface area contributed by atoms with Crippen molar-refractivity contribution in [1.82, 2.24) is 0 Å². The monoisotopic (exact) mass is 390 g/mol. The molecule has 3 rings (SSSR count). The summed E-state index contributed by atoms with van der Waals surface area (Å²) in [5.74, 6) is -0.898. The van der Waals surface area contributed by atoms with Crippen LogP contribution in [0.3, 0.4) is 0 Å². The van der Waals surface area contributed by atoms with E-state index in [1.54, 1.807) is 36.4 Å². The molecule has 0 aliphatic rings. The number of ketones is 1. The van der Waals surface area contributed by atoms with Crippen molar-refractivity contribution in [3.05, 3.63) is 95.1 Å². The summed E-state index contributed by atoms with van der Waals surface area (Å²) in [4.78, 5) is 36.5. The van der Waals surface area contributed by atoms with Crippen LogP contribution in [0.25, 0.3) is 0 Å². The van der Waals surface area contributed by atoms with Crippen LogP contribution >= 0.6 is 0 Å². The van der Waals surface area contributed by atoms with Gasteiger partial charge in [0.1, 0.15) is 0 Å². The standard InChI is InChI=1S/C23H18O6/c1-27-20-14-18(22(25)28-2)12-13-19(20)29-23(26)17-10-8-16(9-11-17)21(24)15-6-4-3-5-7-15/h3-14H,1-2H3. The zero-order valence-electron chi connectivity index (χ0n) is 15.9. The second-order valence-electron chi connectivity index (χ2n) is 6.02. The highest BCUT2D eigenvalue weighted by atomic mass is 16.6.